The molecular formula is C9H18FNO. The third kappa shape index (κ3) is 2.17. The average Bonchev–Trinajstić information content (AvgIpc) is 1.92. The highest BCUT2D eigenvalue weighted by Gasteiger charge is 2.32. The van der Waals surface area contributed by atoms with Crippen LogP contribution in [0.3, 0.4) is 0 Å². The Hall–Kier alpha value is -0.150. The zero-order valence-electron chi connectivity index (χ0n) is 8.05. The second-order valence-corrected chi connectivity index (χ2v) is 4.49. The number of nitrogens with zero attached hydrogens (tertiary/aromatic N) is 1. The van der Waals surface area contributed by atoms with Crippen molar-refractivity contribution in [3.63, 3.8) is 0 Å². The number of aliphatic hydroxyl groups excluding tert-OH is 1. The molecule has 72 valence electrons. The van der Waals surface area contributed by atoms with Crippen molar-refractivity contribution < 1.29 is 9.50 Å². The SMILES string of the molecule is CC(C)(C)N1CCC(O)C(F)C1. The second-order valence-electron chi connectivity index (χ2n) is 4.49. The highest BCUT2D eigenvalue weighted by molar-refractivity contribution is 4.86. The minimum atomic E-state index is -1.07. The normalized spacial score (nSPS) is 33.8. The molecule has 1 saturated heterocycles. The molecule has 1 aliphatic rings. The monoisotopic (exact) mass is 175 g/mol. The first-order chi connectivity index (χ1) is 5.41. The van der Waals surface area contributed by atoms with Gasteiger partial charge in [0.25, 0.3) is 0 Å². The molecule has 1 fully saturated rings. The van der Waals surface area contributed by atoms with Crippen molar-refractivity contribution in [3.05, 3.63) is 0 Å². The zero-order valence-corrected chi connectivity index (χ0v) is 8.05. The Bertz CT molecular complexity index is 155. The first-order valence-electron chi connectivity index (χ1n) is 4.48. The number of alkyl halides is 1. The van der Waals surface area contributed by atoms with Crippen LogP contribution in [-0.2, 0) is 0 Å². The van der Waals surface area contributed by atoms with Crippen LogP contribution in [0.4, 0.5) is 4.39 Å². The van der Waals surface area contributed by atoms with Crippen LogP contribution in [0.15, 0.2) is 0 Å². The quantitative estimate of drug-likeness (QED) is 0.598. The van der Waals surface area contributed by atoms with Crippen molar-refractivity contribution >= 4 is 0 Å². The molecule has 1 N–H and O–H groups in total. The standard InChI is InChI=1S/C9H18FNO/c1-9(2,3)11-5-4-8(12)7(10)6-11/h7-8,12H,4-6H2,1-3H3. The van der Waals surface area contributed by atoms with E-state index in [1.54, 1.807) is 0 Å². The number of rotatable bonds is 0. The average molecular weight is 175 g/mol. The van der Waals surface area contributed by atoms with Crippen LogP contribution in [0.1, 0.15) is 27.2 Å². The van der Waals surface area contributed by atoms with Gasteiger partial charge in [-0.1, -0.05) is 0 Å². The number of piperidine rings is 1. The first kappa shape index (κ1) is 9.93. The summed E-state index contributed by atoms with van der Waals surface area (Å²) in [5, 5.41) is 9.16. The maximum Gasteiger partial charge on any atom is 0.139 e. The van der Waals surface area contributed by atoms with Gasteiger partial charge in [0.15, 0.2) is 0 Å². The molecule has 12 heavy (non-hydrogen) atoms. The Morgan fingerprint density at radius 3 is 2.42 bits per heavy atom. The van der Waals surface area contributed by atoms with Crippen LogP contribution in [0.25, 0.3) is 0 Å². The van der Waals surface area contributed by atoms with Gasteiger partial charge in [0.05, 0.1) is 6.10 Å². The van der Waals surface area contributed by atoms with Crippen molar-refractivity contribution in [2.45, 2.75) is 45.0 Å². The lowest BCUT2D eigenvalue weighted by molar-refractivity contribution is -0.0232. The molecule has 1 aliphatic heterocycles. The molecule has 2 nitrogen and oxygen atoms in total. The summed E-state index contributed by atoms with van der Waals surface area (Å²) < 4.78 is 13.1. The maximum atomic E-state index is 13.1. The predicted octanol–water partition coefficient (Wildman–Crippen LogP) is 1.19. The summed E-state index contributed by atoms with van der Waals surface area (Å²) >= 11 is 0. The zero-order chi connectivity index (χ0) is 9.35. The number of hydrogen-bond acceptors (Lipinski definition) is 2. The van der Waals surface area contributed by atoms with Gasteiger partial charge in [-0.15, -0.1) is 0 Å². The molecule has 0 aliphatic carbocycles. The number of halogens is 1. The summed E-state index contributed by atoms with van der Waals surface area (Å²) in [5.41, 5.74) is 0.0183. The summed E-state index contributed by atoms with van der Waals surface area (Å²) in [5.74, 6) is 0. The van der Waals surface area contributed by atoms with Crippen molar-refractivity contribution in [2.75, 3.05) is 13.1 Å². The van der Waals surface area contributed by atoms with Gasteiger partial charge in [0.1, 0.15) is 6.17 Å². The highest BCUT2D eigenvalue weighted by Crippen LogP contribution is 2.21. The van der Waals surface area contributed by atoms with Gasteiger partial charge in [-0.05, 0) is 27.2 Å². The summed E-state index contributed by atoms with van der Waals surface area (Å²) in [6.45, 7) is 7.36. The van der Waals surface area contributed by atoms with Crippen LogP contribution >= 0.6 is 0 Å². The molecule has 0 saturated carbocycles. The second kappa shape index (κ2) is 3.30. The fourth-order valence-corrected chi connectivity index (χ4v) is 1.50. The Morgan fingerprint density at radius 2 is 2.00 bits per heavy atom. The molecule has 0 radical (unpaired) electrons. The number of hydrogen-bond donors (Lipinski definition) is 1. The molecule has 2 atom stereocenters. The minimum Gasteiger partial charge on any atom is -0.390 e. The number of likely N-dealkylation sites (tertiary alicyclic amines) is 1. The van der Waals surface area contributed by atoms with Gasteiger partial charge in [-0.25, -0.2) is 4.39 Å². The van der Waals surface area contributed by atoms with Gasteiger partial charge in [0, 0.05) is 18.6 Å². The predicted molar refractivity (Wildman–Crippen MR) is 46.8 cm³/mol. The molecular weight excluding hydrogens is 157 g/mol. The van der Waals surface area contributed by atoms with E-state index in [1.807, 2.05) is 0 Å². The Kier molecular flexibility index (Phi) is 2.74. The van der Waals surface area contributed by atoms with E-state index < -0.39 is 12.3 Å². The maximum absolute atomic E-state index is 13.1. The van der Waals surface area contributed by atoms with Crippen molar-refractivity contribution in [1.29, 1.82) is 0 Å². The van der Waals surface area contributed by atoms with Gasteiger partial charge < -0.3 is 5.11 Å². The van der Waals surface area contributed by atoms with Gasteiger partial charge in [-0.3, -0.25) is 4.90 Å². The van der Waals surface area contributed by atoms with E-state index in [-0.39, 0.29) is 5.54 Å². The van der Waals surface area contributed by atoms with E-state index in [1.165, 1.54) is 0 Å². The topological polar surface area (TPSA) is 23.5 Å². The fourth-order valence-electron chi connectivity index (χ4n) is 1.50. The Balaban J connectivity index is 2.51. The lowest BCUT2D eigenvalue weighted by Crippen LogP contribution is -2.52. The summed E-state index contributed by atoms with van der Waals surface area (Å²) in [4.78, 5) is 2.07. The van der Waals surface area contributed by atoms with Crippen LogP contribution in [0.5, 0.6) is 0 Å². The molecule has 2 unspecified atom stereocenters. The molecule has 0 aromatic rings. The first-order valence-corrected chi connectivity index (χ1v) is 4.48. The fraction of sp³-hybridized carbons (Fsp3) is 1.00. The molecule has 0 aromatic heterocycles. The van der Waals surface area contributed by atoms with Crippen molar-refractivity contribution in [3.8, 4) is 0 Å². The van der Waals surface area contributed by atoms with Gasteiger partial charge >= 0.3 is 0 Å². The van der Waals surface area contributed by atoms with E-state index in [2.05, 4.69) is 25.7 Å². The van der Waals surface area contributed by atoms with E-state index in [9.17, 15) is 4.39 Å². The third-order valence-electron chi connectivity index (χ3n) is 2.46. The Labute approximate surface area is 73.4 Å². The summed E-state index contributed by atoms with van der Waals surface area (Å²) in [7, 11) is 0. The smallest absolute Gasteiger partial charge is 0.139 e. The molecule has 0 amide bonds. The molecule has 1 rings (SSSR count). The van der Waals surface area contributed by atoms with E-state index in [0.717, 1.165) is 6.54 Å². The lowest BCUT2D eigenvalue weighted by atomic mass is 9.98. The van der Waals surface area contributed by atoms with E-state index >= 15 is 0 Å². The van der Waals surface area contributed by atoms with Crippen LogP contribution < -0.4 is 0 Å². The van der Waals surface area contributed by atoms with Crippen molar-refractivity contribution in [2.24, 2.45) is 0 Å². The summed E-state index contributed by atoms with van der Waals surface area (Å²) in [6, 6.07) is 0. The summed E-state index contributed by atoms with van der Waals surface area (Å²) in [6.07, 6.45) is -1.26. The van der Waals surface area contributed by atoms with E-state index in [4.69, 9.17) is 5.11 Å². The third-order valence-corrected chi connectivity index (χ3v) is 2.46. The van der Waals surface area contributed by atoms with Crippen molar-refractivity contribution in [1.82, 2.24) is 4.90 Å². The van der Waals surface area contributed by atoms with Crippen LogP contribution in [0.2, 0.25) is 0 Å². The number of aliphatic hydroxyl groups is 1. The lowest BCUT2D eigenvalue weighted by Gasteiger charge is -2.41. The molecule has 0 bridgehead atoms. The molecule has 0 spiro atoms. The highest BCUT2D eigenvalue weighted by atomic mass is 19.1. The Morgan fingerprint density at radius 1 is 1.42 bits per heavy atom. The van der Waals surface area contributed by atoms with Gasteiger partial charge in [0.2, 0.25) is 0 Å². The van der Waals surface area contributed by atoms with E-state index in [0.29, 0.717) is 13.0 Å². The van der Waals surface area contributed by atoms with Crippen LogP contribution in [0, 0.1) is 0 Å². The molecule has 3 heteroatoms. The largest absolute Gasteiger partial charge is 0.390 e. The van der Waals surface area contributed by atoms with Crippen LogP contribution in [-0.4, -0.2) is 40.9 Å². The molecule has 0 aromatic carbocycles. The van der Waals surface area contributed by atoms with Gasteiger partial charge in [-0.2, -0.15) is 0 Å². The minimum absolute atomic E-state index is 0.0183. The molecule has 1 heterocycles.